The summed E-state index contributed by atoms with van der Waals surface area (Å²) in [4.78, 5) is 0. The fourth-order valence-corrected chi connectivity index (χ4v) is 2.14. The molecular formula is C8H17O4P. The first kappa shape index (κ1) is 12.8. The summed E-state index contributed by atoms with van der Waals surface area (Å²) in [6.45, 7) is 5.69. The maximum Gasteiger partial charge on any atom is 0.353 e. The zero-order valence-electron chi connectivity index (χ0n) is 8.27. The van der Waals surface area contributed by atoms with Crippen molar-refractivity contribution in [2.45, 2.75) is 26.9 Å². The van der Waals surface area contributed by atoms with E-state index < -0.39 is 13.7 Å². The van der Waals surface area contributed by atoms with Gasteiger partial charge in [-0.1, -0.05) is 0 Å². The molecule has 0 amide bonds. The predicted octanol–water partition coefficient (Wildman–Crippen LogP) is 2.15. The quantitative estimate of drug-likeness (QED) is 0.679. The second kappa shape index (κ2) is 6.33. The highest BCUT2D eigenvalue weighted by Gasteiger charge is 2.18. The molecule has 0 saturated carbocycles. The average molecular weight is 208 g/mol. The van der Waals surface area contributed by atoms with Crippen LogP contribution in [0.15, 0.2) is 11.9 Å². The third-order valence-electron chi connectivity index (χ3n) is 1.17. The molecule has 0 spiro atoms. The summed E-state index contributed by atoms with van der Waals surface area (Å²) >= 11 is 0. The minimum absolute atomic E-state index is 0.321. The second-order valence-electron chi connectivity index (χ2n) is 2.46. The first-order valence-corrected chi connectivity index (χ1v) is 5.91. The van der Waals surface area contributed by atoms with Crippen LogP contribution in [0.25, 0.3) is 0 Å². The predicted molar refractivity (Wildman–Crippen MR) is 51.7 cm³/mol. The molecule has 78 valence electrons. The van der Waals surface area contributed by atoms with Crippen LogP contribution in [0.5, 0.6) is 0 Å². The molecule has 5 heteroatoms. The SMILES string of the molecule is CCOP(=O)(/C=C/[C@@H](C)O)OCC. The van der Waals surface area contributed by atoms with Crippen molar-refractivity contribution in [2.24, 2.45) is 0 Å². The molecule has 0 aliphatic rings. The second-order valence-corrected chi connectivity index (χ2v) is 4.35. The van der Waals surface area contributed by atoms with Gasteiger partial charge in [0.15, 0.2) is 0 Å². The van der Waals surface area contributed by atoms with Gasteiger partial charge in [0.25, 0.3) is 0 Å². The molecule has 0 fully saturated rings. The van der Waals surface area contributed by atoms with Gasteiger partial charge in [0.05, 0.1) is 19.3 Å². The van der Waals surface area contributed by atoms with Gasteiger partial charge in [-0.05, 0) is 26.8 Å². The number of rotatable bonds is 6. The Morgan fingerprint density at radius 1 is 1.38 bits per heavy atom. The van der Waals surface area contributed by atoms with Crippen LogP contribution < -0.4 is 0 Å². The Hall–Kier alpha value is -0.150. The van der Waals surface area contributed by atoms with E-state index in [0.29, 0.717) is 13.2 Å². The number of hydrogen-bond donors (Lipinski definition) is 1. The van der Waals surface area contributed by atoms with Crippen LogP contribution in [0.4, 0.5) is 0 Å². The maximum absolute atomic E-state index is 11.7. The Kier molecular flexibility index (Phi) is 6.25. The maximum atomic E-state index is 11.7. The van der Waals surface area contributed by atoms with E-state index in [9.17, 15) is 4.57 Å². The van der Waals surface area contributed by atoms with Crippen molar-refractivity contribution in [1.82, 2.24) is 0 Å². The average Bonchev–Trinajstić information content (AvgIpc) is 2.02. The van der Waals surface area contributed by atoms with Crippen molar-refractivity contribution in [3.63, 3.8) is 0 Å². The van der Waals surface area contributed by atoms with Gasteiger partial charge in [0, 0.05) is 5.82 Å². The highest BCUT2D eigenvalue weighted by molar-refractivity contribution is 7.57. The molecule has 13 heavy (non-hydrogen) atoms. The van der Waals surface area contributed by atoms with Crippen molar-refractivity contribution >= 4 is 7.60 Å². The fourth-order valence-electron chi connectivity index (χ4n) is 0.713. The molecule has 0 unspecified atom stereocenters. The third kappa shape index (κ3) is 5.99. The van der Waals surface area contributed by atoms with E-state index in [1.165, 1.54) is 11.9 Å². The molecule has 0 aromatic carbocycles. The molecule has 0 saturated heterocycles. The highest BCUT2D eigenvalue weighted by Crippen LogP contribution is 2.49. The lowest BCUT2D eigenvalue weighted by atomic mass is 10.4. The van der Waals surface area contributed by atoms with Crippen LogP contribution in [-0.4, -0.2) is 24.4 Å². The zero-order valence-corrected chi connectivity index (χ0v) is 9.16. The summed E-state index contributed by atoms with van der Waals surface area (Å²) in [7, 11) is -3.11. The van der Waals surface area contributed by atoms with Crippen molar-refractivity contribution in [3.8, 4) is 0 Å². The van der Waals surface area contributed by atoms with E-state index in [0.717, 1.165) is 0 Å². The normalized spacial score (nSPS) is 15.1. The van der Waals surface area contributed by atoms with Gasteiger partial charge < -0.3 is 14.2 Å². The largest absolute Gasteiger partial charge is 0.389 e. The molecular weight excluding hydrogens is 191 g/mol. The van der Waals surface area contributed by atoms with Crippen molar-refractivity contribution in [1.29, 1.82) is 0 Å². The van der Waals surface area contributed by atoms with Crippen LogP contribution in [0.2, 0.25) is 0 Å². The summed E-state index contributed by atoms with van der Waals surface area (Å²) < 4.78 is 21.6. The van der Waals surface area contributed by atoms with Gasteiger partial charge in [-0.2, -0.15) is 0 Å². The molecule has 0 aromatic heterocycles. The number of hydrogen-bond acceptors (Lipinski definition) is 4. The summed E-state index contributed by atoms with van der Waals surface area (Å²) in [6, 6.07) is 0. The molecule has 1 N–H and O–H groups in total. The smallest absolute Gasteiger partial charge is 0.353 e. The van der Waals surface area contributed by atoms with Crippen molar-refractivity contribution in [2.75, 3.05) is 13.2 Å². The summed E-state index contributed by atoms with van der Waals surface area (Å²) in [5.74, 6) is 1.30. The minimum atomic E-state index is -3.11. The molecule has 1 atom stereocenters. The highest BCUT2D eigenvalue weighted by atomic mass is 31.2. The van der Waals surface area contributed by atoms with E-state index in [2.05, 4.69) is 0 Å². The first-order chi connectivity index (χ1) is 6.04. The molecule has 0 heterocycles. The lowest BCUT2D eigenvalue weighted by Gasteiger charge is -2.12. The van der Waals surface area contributed by atoms with E-state index in [1.807, 2.05) is 0 Å². The number of aliphatic hydroxyl groups is 1. The van der Waals surface area contributed by atoms with Gasteiger partial charge in [-0.15, -0.1) is 0 Å². The topological polar surface area (TPSA) is 55.8 Å². The molecule has 0 radical (unpaired) electrons. The fraction of sp³-hybridized carbons (Fsp3) is 0.750. The third-order valence-corrected chi connectivity index (χ3v) is 2.94. The summed E-state index contributed by atoms with van der Waals surface area (Å²) in [6.07, 6.45) is 0.751. The van der Waals surface area contributed by atoms with E-state index in [-0.39, 0.29) is 0 Å². The van der Waals surface area contributed by atoms with E-state index >= 15 is 0 Å². The Bertz CT molecular complexity index is 190. The monoisotopic (exact) mass is 208 g/mol. The van der Waals surface area contributed by atoms with E-state index in [1.54, 1.807) is 20.8 Å². The summed E-state index contributed by atoms with van der Waals surface area (Å²) in [5.41, 5.74) is 0. The van der Waals surface area contributed by atoms with Gasteiger partial charge in [0.2, 0.25) is 0 Å². The molecule has 0 aromatic rings. The van der Waals surface area contributed by atoms with Crippen LogP contribution in [-0.2, 0) is 13.6 Å². The summed E-state index contributed by atoms with van der Waals surface area (Å²) in [5, 5.41) is 8.93. The van der Waals surface area contributed by atoms with E-state index in [4.69, 9.17) is 14.2 Å². The Morgan fingerprint density at radius 3 is 2.15 bits per heavy atom. The molecule has 0 rings (SSSR count). The lowest BCUT2D eigenvalue weighted by molar-refractivity contribution is 0.225. The molecule has 4 nitrogen and oxygen atoms in total. The lowest BCUT2D eigenvalue weighted by Crippen LogP contribution is -1.96. The minimum Gasteiger partial charge on any atom is -0.389 e. The van der Waals surface area contributed by atoms with Crippen molar-refractivity contribution < 1.29 is 18.7 Å². The Labute approximate surface area is 79.1 Å². The van der Waals surface area contributed by atoms with Crippen LogP contribution in [0, 0.1) is 0 Å². The standard InChI is InChI=1S/C8H17O4P/c1-4-11-13(10,12-5-2)7-6-8(3)9/h6-9H,4-5H2,1-3H3/b7-6+/t8-/m1/s1. The molecule has 0 aliphatic carbocycles. The van der Waals surface area contributed by atoms with Gasteiger partial charge >= 0.3 is 7.60 Å². The van der Waals surface area contributed by atoms with Gasteiger partial charge in [0.1, 0.15) is 0 Å². The Balaban J connectivity index is 4.31. The van der Waals surface area contributed by atoms with Crippen molar-refractivity contribution in [3.05, 3.63) is 11.9 Å². The van der Waals surface area contributed by atoms with Crippen LogP contribution in [0.1, 0.15) is 20.8 Å². The van der Waals surface area contributed by atoms with Crippen LogP contribution in [0.3, 0.4) is 0 Å². The zero-order chi connectivity index (χ0) is 10.3. The molecule has 0 bridgehead atoms. The number of aliphatic hydroxyl groups excluding tert-OH is 1. The molecule has 0 aliphatic heterocycles. The van der Waals surface area contributed by atoms with Crippen LogP contribution >= 0.6 is 7.60 Å². The first-order valence-electron chi connectivity index (χ1n) is 4.30. The van der Waals surface area contributed by atoms with Gasteiger partial charge in [-0.3, -0.25) is 4.57 Å². The Morgan fingerprint density at radius 2 is 1.85 bits per heavy atom. The van der Waals surface area contributed by atoms with Gasteiger partial charge in [-0.25, -0.2) is 0 Å².